The predicted octanol–water partition coefficient (Wildman–Crippen LogP) is 16.0. The molecule has 446 valence electrons. The van der Waals surface area contributed by atoms with Crippen LogP contribution >= 0.6 is 0 Å². The Morgan fingerprint density at radius 3 is 1.22 bits per heavy atom. The van der Waals surface area contributed by atoms with Gasteiger partial charge in [0.15, 0.2) is 24.6 Å². The Morgan fingerprint density at radius 1 is 0.430 bits per heavy atom. The van der Waals surface area contributed by atoms with Crippen molar-refractivity contribution in [2.75, 3.05) is 13.2 Å². The van der Waals surface area contributed by atoms with Gasteiger partial charge in [-0.15, -0.1) is 0 Å². The molecule has 1 saturated heterocycles. The minimum Gasteiger partial charge on any atom is -0.479 e. The van der Waals surface area contributed by atoms with Crippen LogP contribution in [0, 0.1) is 0 Å². The first-order valence-electron chi connectivity index (χ1n) is 30.5. The van der Waals surface area contributed by atoms with E-state index in [1.54, 1.807) is 0 Å². The van der Waals surface area contributed by atoms with Crippen LogP contribution in [0.2, 0.25) is 0 Å². The maximum Gasteiger partial charge on any atom is 0.335 e. The molecule has 0 aliphatic carbocycles. The second kappa shape index (κ2) is 53.7. The summed E-state index contributed by atoms with van der Waals surface area (Å²) in [6, 6.07) is 0. The molecule has 3 N–H and O–H groups in total. The zero-order chi connectivity index (χ0) is 57.5. The summed E-state index contributed by atoms with van der Waals surface area (Å²) in [4.78, 5) is 51.2. The third kappa shape index (κ3) is 43.6. The highest BCUT2D eigenvalue weighted by atomic mass is 16.7. The molecule has 1 heterocycles. The van der Waals surface area contributed by atoms with Crippen LogP contribution in [-0.2, 0) is 42.9 Å². The summed E-state index contributed by atoms with van der Waals surface area (Å²) in [5.41, 5.74) is 0. The Kier molecular flexibility index (Phi) is 49.1. The molecule has 0 aromatic rings. The number of esters is 3. The largest absolute Gasteiger partial charge is 0.479 e. The number of carbonyl (C=O) groups excluding carboxylic acids is 3. The Bertz CT molecular complexity index is 1840. The van der Waals surface area contributed by atoms with Crippen molar-refractivity contribution in [3.63, 3.8) is 0 Å². The molecule has 0 radical (unpaired) electrons. The molecule has 6 atom stereocenters. The molecule has 12 nitrogen and oxygen atoms in total. The van der Waals surface area contributed by atoms with E-state index >= 15 is 0 Å². The topological polar surface area (TPSA) is 175 Å². The highest BCUT2D eigenvalue weighted by Crippen LogP contribution is 2.26. The number of aliphatic hydroxyl groups is 2. The van der Waals surface area contributed by atoms with Gasteiger partial charge in [-0.3, -0.25) is 14.4 Å². The number of hydrogen-bond donors (Lipinski definition) is 3. The van der Waals surface area contributed by atoms with Crippen molar-refractivity contribution in [3.05, 3.63) is 122 Å². The van der Waals surface area contributed by atoms with Crippen LogP contribution in [-0.4, -0.2) is 89.2 Å². The van der Waals surface area contributed by atoms with Crippen LogP contribution in [0.25, 0.3) is 0 Å². The molecule has 0 spiro atoms. The molecule has 1 rings (SSSR count). The lowest BCUT2D eigenvalue weighted by atomic mass is 9.98. The van der Waals surface area contributed by atoms with E-state index in [9.17, 15) is 34.5 Å². The first-order valence-corrected chi connectivity index (χ1v) is 30.5. The van der Waals surface area contributed by atoms with E-state index in [1.165, 1.54) is 19.3 Å². The van der Waals surface area contributed by atoms with Gasteiger partial charge in [-0.2, -0.15) is 0 Å². The van der Waals surface area contributed by atoms with Gasteiger partial charge in [0.05, 0.1) is 6.61 Å². The van der Waals surface area contributed by atoms with Crippen molar-refractivity contribution in [1.82, 2.24) is 0 Å². The Hall–Kier alpha value is -4.88. The number of carboxylic acid groups (broad SMARTS) is 1. The fraction of sp³-hybridized carbons (Fsp3) is 0.642. The molecule has 1 aliphatic rings. The van der Waals surface area contributed by atoms with Crippen LogP contribution in [0.15, 0.2) is 122 Å². The quantitative estimate of drug-likeness (QED) is 0.0228. The third-order valence-corrected chi connectivity index (χ3v) is 13.0. The van der Waals surface area contributed by atoms with E-state index in [4.69, 9.17) is 23.7 Å². The smallest absolute Gasteiger partial charge is 0.335 e. The number of rotatable bonds is 50. The summed E-state index contributed by atoms with van der Waals surface area (Å²) in [5, 5.41) is 31.5. The highest BCUT2D eigenvalue weighted by Gasteiger charge is 2.50. The second-order valence-electron chi connectivity index (χ2n) is 20.2. The summed E-state index contributed by atoms with van der Waals surface area (Å²) < 4.78 is 28.4. The van der Waals surface area contributed by atoms with Crippen LogP contribution < -0.4 is 0 Å². The van der Waals surface area contributed by atoms with Gasteiger partial charge >= 0.3 is 23.9 Å². The Labute approximate surface area is 478 Å². The summed E-state index contributed by atoms with van der Waals surface area (Å²) in [5.74, 6) is -3.22. The summed E-state index contributed by atoms with van der Waals surface area (Å²) in [6.07, 6.45) is 61.5. The lowest BCUT2D eigenvalue weighted by Gasteiger charge is -2.40. The average Bonchev–Trinajstić information content (AvgIpc) is 3.47. The van der Waals surface area contributed by atoms with Crippen molar-refractivity contribution in [2.45, 2.75) is 263 Å². The van der Waals surface area contributed by atoms with E-state index in [0.29, 0.717) is 19.3 Å². The molecule has 1 fully saturated rings. The second-order valence-corrected chi connectivity index (χ2v) is 20.2. The molecule has 0 amide bonds. The zero-order valence-electron chi connectivity index (χ0n) is 49.1. The van der Waals surface area contributed by atoms with Gasteiger partial charge in [0.1, 0.15) is 18.8 Å². The minimum atomic E-state index is -1.92. The van der Waals surface area contributed by atoms with Crippen molar-refractivity contribution in [3.8, 4) is 0 Å². The van der Waals surface area contributed by atoms with Crippen molar-refractivity contribution in [1.29, 1.82) is 0 Å². The zero-order valence-corrected chi connectivity index (χ0v) is 49.1. The monoisotopic (exact) mass is 1100 g/mol. The van der Waals surface area contributed by atoms with Crippen LogP contribution in [0.4, 0.5) is 0 Å². The Balaban J connectivity index is 2.73. The first kappa shape index (κ1) is 72.1. The molecule has 79 heavy (non-hydrogen) atoms. The molecule has 0 bridgehead atoms. The van der Waals surface area contributed by atoms with Gasteiger partial charge in [-0.1, -0.05) is 200 Å². The van der Waals surface area contributed by atoms with E-state index < -0.39 is 67.3 Å². The molecule has 12 heteroatoms. The SMILES string of the molecule is CC/C=C\C/C=C\C/C=C\C/C=C\CCCCCCC(=O)OCC(COC1OC(C(=O)O)C(O)C(O)C1OC(=O)CCCCCC/C=C\C/C=C\C/C=C\C/C=C\CC)OC(=O)CCCCCCC/C=C\C/C=C\CCCCC. The highest BCUT2D eigenvalue weighted by molar-refractivity contribution is 5.74. The van der Waals surface area contributed by atoms with Gasteiger partial charge in [0.2, 0.25) is 0 Å². The number of aliphatic carboxylic acids is 1. The number of ether oxygens (including phenoxy) is 5. The lowest BCUT2D eigenvalue weighted by Crippen LogP contribution is -2.61. The molecule has 0 aromatic heterocycles. The van der Waals surface area contributed by atoms with Gasteiger partial charge in [0.25, 0.3) is 0 Å². The number of hydrogen-bond acceptors (Lipinski definition) is 11. The van der Waals surface area contributed by atoms with Gasteiger partial charge in [0, 0.05) is 19.3 Å². The van der Waals surface area contributed by atoms with E-state index in [1.807, 2.05) is 0 Å². The molecular formula is C67H106O12. The maximum absolute atomic E-state index is 13.2. The summed E-state index contributed by atoms with van der Waals surface area (Å²) in [6.45, 7) is 5.69. The van der Waals surface area contributed by atoms with E-state index in [0.717, 1.165) is 148 Å². The van der Waals surface area contributed by atoms with Gasteiger partial charge < -0.3 is 39.0 Å². The standard InChI is InChI=1S/C67H106O12/c1-4-7-10-13-16-19-22-25-28-30-33-35-38-41-44-47-50-53-59(68)75-56-58(77-60(69)54-51-48-45-42-39-36-32-27-24-21-18-15-12-9-6-3)57-76-67-65(63(72)62(71)64(79-67)66(73)74)78-61(70)55-52-49-46-43-40-37-34-31-29-26-23-20-17-14-11-8-5-2/h7-8,10-11,16-21,25-29,32-35,37,58,62-65,67,71-72H,4-6,9,12-15,22-24,30-31,36,38-57H2,1-3H3,(H,73,74)/b10-7-,11-8-,19-16-,20-17-,21-18-,28-25-,29-26-,32-27-,35-33-,37-34-. The van der Waals surface area contributed by atoms with Crippen molar-refractivity contribution in [2.24, 2.45) is 0 Å². The minimum absolute atomic E-state index is 0.0218. The van der Waals surface area contributed by atoms with Crippen molar-refractivity contribution < 1.29 is 58.2 Å². The predicted molar refractivity (Wildman–Crippen MR) is 321 cm³/mol. The number of carbonyl (C=O) groups is 4. The molecule has 6 unspecified atom stereocenters. The number of aliphatic hydroxyl groups excluding tert-OH is 2. The summed E-state index contributed by atoms with van der Waals surface area (Å²) in [7, 11) is 0. The molecule has 0 aromatic carbocycles. The molecular weight excluding hydrogens is 997 g/mol. The molecule has 1 aliphatic heterocycles. The van der Waals surface area contributed by atoms with E-state index in [2.05, 4.69) is 142 Å². The first-order chi connectivity index (χ1) is 38.6. The normalized spacial score (nSPS) is 18.7. The fourth-order valence-electron chi connectivity index (χ4n) is 8.38. The van der Waals surface area contributed by atoms with Gasteiger partial charge in [-0.25, -0.2) is 4.79 Å². The van der Waals surface area contributed by atoms with Gasteiger partial charge in [-0.05, 0) is 128 Å². The number of allylic oxidation sites excluding steroid dienone is 20. The van der Waals surface area contributed by atoms with Crippen LogP contribution in [0.1, 0.15) is 226 Å². The number of unbranched alkanes of at least 4 members (excludes halogenated alkanes) is 16. The fourth-order valence-corrected chi connectivity index (χ4v) is 8.38. The average molecular weight is 1100 g/mol. The van der Waals surface area contributed by atoms with Crippen molar-refractivity contribution >= 4 is 23.9 Å². The lowest BCUT2D eigenvalue weighted by molar-refractivity contribution is -0.301. The Morgan fingerprint density at radius 2 is 0.797 bits per heavy atom. The maximum atomic E-state index is 13.2. The number of carboxylic acids is 1. The summed E-state index contributed by atoms with van der Waals surface area (Å²) >= 11 is 0. The molecule has 0 saturated carbocycles. The van der Waals surface area contributed by atoms with Crippen LogP contribution in [0.5, 0.6) is 0 Å². The van der Waals surface area contributed by atoms with Crippen LogP contribution in [0.3, 0.4) is 0 Å². The third-order valence-electron chi connectivity index (χ3n) is 13.0. The van der Waals surface area contributed by atoms with E-state index in [-0.39, 0.29) is 25.9 Å².